The first-order valence-corrected chi connectivity index (χ1v) is 13.8. The Kier molecular flexibility index (Phi) is 6.42. The van der Waals surface area contributed by atoms with Gasteiger partial charge in [0, 0.05) is 30.1 Å². The van der Waals surface area contributed by atoms with Crippen molar-refractivity contribution >= 4 is 45.7 Å². The summed E-state index contributed by atoms with van der Waals surface area (Å²) in [6.07, 6.45) is 3.92. The zero-order valence-electron chi connectivity index (χ0n) is 20.3. The topological polar surface area (TPSA) is 106 Å². The average molecular weight is 543 g/mol. The third-order valence-corrected chi connectivity index (χ3v) is 8.57. The van der Waals surface area contributed by atoms with Gasteiger partial charge in [-0.1, -0.05) is 53.4 Å². The lowest BCUT2D eigenvalue weighted by Gasteiger charge is -2.22. The molecule has 0 aliphatic carbocycles. The van der Waals surface area contributed by atoms with E-state index in [1.54, 1.807) is 36.7 Å². The number of benzene rings is 2. The summed E-state index contributed by atoms with van der Waals surface area (Å²) in [5, 5.41) is 20.2. The van der Waals surface area contributed by atoms with Gasteiger partial charge >= 0.3 is 5.91 Å². The summed E-state index contributed by atoms with van der Waals surface area (Å²) < 4.78 is 6.44. The van der Waals surface area contributed by atoms with Crippen molar-refractivity contribution in [3.63, 3.8) is 0 Å². The van der Waals surface area contributed by atoms with Crippen LogP contribution in [0.5, 0.6) is 5.75 Å². The molecular formula is C28H22N4O4S2. The van der Waals surface area contributed by atoms with E-state index in [-0.39, 0.29) is 17.4 Å². The van der Waals surface area contributed by atoms with E-state index in [1.165, 1.54) is 28.0 Å². The summed E-state index contributed by atoms with van der Waals surface area (Å²) in [4.78, 5) is 32.2. The van der Waals surface area contributed by atoms with E-state index in [0.29, 0.717) is 32.8 Å². The van der Waals surface area contributed by atoms with Crippen LogP contribution >= 0.6 is 23.1 Å². The first-order chi connectivity index (χ1) is 18.5. The molecule has 1 fully saturated rings. The predicted molar refractivity (Wildman–Crippen MR) is 145 cm³/mol. The molecule has 2 aromatic heterocycles. The van der Waals surface area contributed by atoms with Gasteiger partial charge in [0.05, 0.1) is 11.6 Å². The molecule has 190 valence electrons. The summed E-state index contributed by atoms with van der Waals surface area (Å²) in [5.74, 6) is -0.318. The number of hydrogen-bond donors (Lipinski definition) is 1. The van der Waals surface area contributed by atoms with E-state index in [1.807, 2.05) is 43.3 Å². The number of ketones is 1. The number of Topliss-reactive ketones (excluding diaryl/α,β-unsaturated/α-hetero) is 1. The summed E-state index contributed by atoms with van der Waals surface area (Å²) in [5.41, 5.74) is 3.17. The standard InChI is InChI=1S/C28H22N4O4S2/c1-16-13-20-14-19(7-8-21(20)36-16)24(33)22-23(18-9-11-29-12-10-18)32(26(35)25(22)34)27-30-31-28(38-27)37-15-17-5-3-2-4-6-17/h2-12,14,16,23,33H,13,15H2,1H3/b24-22+. The summed E-state index contributed by atoms with van der Waals surface area (Å²) in [7, 11) is 0. The Balaban J connectivity index is 1.38. The van der Waals surface area contributed by atoms with Crippen molar-refractivity contribution < 1.29 is 19.4 Å². The number of fused-ring (bicyclic) bond motifs is 1. The van der Waals surface area contributed by atoms with Crippen LogP contribution in [0.15, 0.2) is 83.0 Å². The molecule has 6 rings (SSSR count). The van der Waals surface area contributed by atoms with Gasteiger partial charge in [0.1, 0.15) is 17.6 Å². The van der Waals surface area contributed by atoms with Crippen LogP contribution in [0, 0.1) is 0 Å². The molecule has 2 aliphatic rings. The molecule has 2 atom stereocenters. The molecule has 10 heteroatoms. The van der Waals surface area contributed by atoms with Crippen LogP contribution in [0.2, 0.25) is 0 Å². The number of ether oxygens (including phenoxy) is 1. The number of rotatable bonds is 6. The molecule has 1 amide bonds. The van der Waals surface area contributed by atoms with Crippen LogP contribution in [0.3, 0.4) is 0 Å². The molecule has 0 saturated carbocycles. The van der Waals surface area contributed by atoms with Crippen LogP contribution < -0.4 is 9.64 Å². The van der Waals surface area contributed by atoms with Crippen molar-refractivity contribution in [2.24, 2.45) is 0 Å². The van der Waals surface area contributed by atoms with Gasteiger partial charge in [-0.15, -0.1) is 10.2 Å². The molecular weight excluding hydrogens is 520 g/mol. The minimum absolute atomic E-state index is 0.00167. The zero-order chi connectivity index (χ0) is 26.2. The number of aliphatic hydroxyl groups excluding tert-OH is 1. The maximum absolute atomic E-state index is 13.4. The van der Waals surface area contributed by atoms with Gasteiger partial charge < -0.3 is 9.84 Å². The first kappa shape index (κ1) is 24.3. The van der Waals surface area contributed by atoms with Gasteiger partial charge in [0.15, 0.2) is 4.34 Å². The van der Waals surface area contributed by atoms with E-state index in [0.717, 1.165) is 16.9 Å². The lowest BCUT2D eigenvalue weighted by atomic mass is 9.95. The Morgan fingerprint density at radius 2 is 1.89 bits per heavy atom. The summed E-state index contributed by atoms with van der Waals surface area (Å²) >= 11 is 2.74. The molecule has 0 bridgehead atoms. The fraction of sp³-hybridized carbons (Fsp3) is 0.179. The Hall–Kier alpha value is -4.02. The SMILES string of the molecule is CC1Cc2cc(/C(O)=C3\C(=O)C(=O)N(c4nnc(SCc5ccccc5)s4)C3c3ccncc3)ccc2O1. The van der Waals surface area contributed by atoms with Crippen LogP contribution in [-0.4, -0.2) is 38.1 Å². The monoisotopic (exact) mass is 542 g/mol. The number of thioether (sulfide) groups is 1. The first-order valence-electron chi connectivity index (χ1n) is 12.0. The van der Waals surface area contributed by atoms with Crippen LogP contribution in [0.25, 0.3) is 5.76 Å². The lowest BCUT2D eigenvalue weighted by molar-refractivity contribution is -0.132. The van der Waals surface area contributed by atoms with Crippen molar-refractivity contribution in [1.29, 1.82) is 0 Å². The van der Waals surface area contributed by atoms with Gasteiger partial charge in [0.2, 0.25) is 5.13 Å². The fourth-order valence-corrected chi connectivity index (χ4v) is 6.52. The van der Waals surface area contributed by atoms with Gasteiger partial charge in [-0.05, 0) is 53.9 Å². The van der Waals surface area contributed by atoms with Gasteiger partial charge in [-0.25, -0.2) is 0 Å². The largest absolute Gasteiger partial charge is 0.507 e. The molecule has 8 nitrogen and oxygen atoms in total. The Morgan fingerprint density at radius 3 is 2.68 bits per heavy atom. The maximum Gasteiger partial charge on any atom is 0.301 e. The minimum Gasteiger partial charge on any atom is -0.507 e. The van der Waals surface area contributed by atoms with E-state index in [4.69, 9.17) is 4.74 Å². The number of carbonyl (C=O) groups is 2. The minimum atomic E-state index is -0.874. The Bertz CT molecular complexity index is 1560. The number of anilines is 1. The number of aromatic nitrogens is 3. The van der Waals surface area contributed by atoms with Gasteiger partial charge in [0.25, 0.3) is 5.78 Å². The van der Waals surface area contributed by atoms with Crippen molar-refractivity contribution in [2.75, 3.05) is 4.90 Å². The number of hydrogen-bond acceptors (Lipinski definition) is 9. The highest BCUT2D eigenvalue weighted by molar-refractivity contribution is 8.00. The van der Waals surface area contributed by atoms with Crippen molar-refractivity contribution in [2.45, 2.75) is 35.6 Å². The smallest absolute Gasteiger partial charge is 0.301 e. The van der Waals surface area contributed by atoms with Gasteiger partial charge in [-0.3, -0.25) is 19.5 Å². The van der Waals surface area contributed by atoms with Crippen molar-refractivity contribution in [1.82, 2.24) is 15.2 Å². The second-order valence-electron chi connectivity index (χ2n) is 9.03. The number of carbonyl (C=O) groups excluding carboxylic acids is 2. The molecule has 4 heterocycles. The third kappa shape index (κ3) is 4.46. The molecule has 1 N–H and O–H groups in total. The number of nitrogens with zero attached hydrogens (tertiary/aromatic N) is 4. The average Bonchev–Trinajstić information content (AvgIpc) is 3.63. The Morgan fingerprint density at radius 1 is 1.11 bits per heavy atom. The van der Waals surface area contributed by atoms with Crippen molar-refractivity contribution in [3.05, 3.63) is 101 Å². The molecule has 2 aromatic carbocycles. The third-order valence-electron chi connectivity index (χ3n) is 6.44. The van der Waals surface area contributed by atoms with E-state index in [9.17, 15) is 14.7 Å². The molecule has 38 heavy (non-hydrogen) atoms. The highest BCUT2D eigenvalue weighted by Gasteiger charge is 2.48. The normalized spacial score (nSPS) is 20.0. The second kappa shape index (κ2) is 10.0. The molecule has 2 unspecified atom stereocenters. The molecule has 0 spiro atoms. The molecule has 0 radical (unpaired) electrons. The molecule has 4 aromatic rings. The fourth-order valence-electron chi connectivity index (χ4n) is 4.69. The number of aliphatic hydroxyl groups is 1. The molecule has 2 aliphatic heterocycles. The van der Waals surface area contributed by atoms with E-state index < -0.39 is 17.7 Å². The van der Waals surface area contributed by atoms with Crippen LogP contribution in [0.1, 0.15) is 35.2 Å². The van der Waals surface area contributed by atoms with Crippen LogP contribution in [-0.2, 0) is 21.8 Å². The second-order valence-corrected chi connectivity index (χ2v) is 11.2. The van der Waals surface area contributed by atoms with E-state index >= 15 is 0 Å². The molecule has 1 saturated heterocycles. The zero-order valence-corrected chi connectivity index (χ0v) is 21.9. The van der Waals surface area contributed by atoms with Crippen LogP contribution in [0.4, 0.5) is 5.13 Å². The summed E-state index contributed by atoms with van der Waals surface area (Å²) in [6, 6.07) is 17.8. The quantitative estimate of drug-likeness (QED) is 0.117. The lowest BCUT2D eigenvalue weighted by Crippen LogP contribution is -2.29. The van der Waals surface area contributed by atoms with E-state index in [2.05, 4.69) is 15.2 Å². The maximum atomic E-state index is 13.4. The predicted octanol–water partition coefficient (Wildman–Crippen LogP) is 5.18. The summed E-state index contributed by atoms with van der Waals surface area (Å²) in [6.45, 7) is 1.98. The Labute approximate surface area is 227 Å². The van der Waals surface area contributed by atoms with Gasteiger partial charge in [-0.2, -0.15) is 0 Å². The highest BCUT2D eigenvalue weighted by atomic mass is 32.2. The van der Waals surface area contributed by atoms with Crippen molar-refractivity contribution in [3.8, 4) is 5.75 Å². The number of pyridine rings is 1. The number of amides is 1. The highest BCUT2D eigenvalue weighted by Crippen LogP contribution is 2.44.